The van der Waals surface area contributed by atoms with Gasteiger partial charge in [-0.1, -0.05) is 27.7 Å². The van der Waals surface area contributed by atoms with Gasteiger partial charge in [0.15, 0.2) is 0 Å². The predicted octanol–water partition coefficient (Wildman–Crippen LogP) is 0.164. The third-order valence-electron chi connectivity index (χ3n) is 4.01. The van der Waals surface area contributed by atoms with Crippen molar-refractivity contribution in [2.24, 2.45) is 17.6 Å². The zero-order valence-electron chi connectivity index (χ0n) is 20.4. The average Bonchev–Trinajstić information content (AvgIpc) is 2.64. The van der Waals surface area contributed by atoms with Crippen molar-refractivity contribution in [1.82, 2.24) is 16.0 Å². The van der Waals surface area contributed by atoms with Crippen molar-refractivity contribution >= 4 is 29.7 Å². The Kier molecular flexibility index (Phi) is 15.8. The molecule has 11 nitrogen and oxygen atoms in total. The summed E-state index contributed by atoms with van der Waals surface area (Å²) >= 11 is 0. The van der Waals surface area contributed by atoms with Gasteiger partial charge >= 0.3 is 5.97 Å². The van der Waals surface area contributed by atoms with Crippen LogP contribution in [0.5, 0.6) is 0 Å². The van der Waals surface area contributed by atoms with Gasteiger partial charge in [0.25, 0.3) is 5.97 Å². The van der Waals surface area contributed by atoms with Crippen LogP contribution < -0.4 is 21.7 Å². The van der Waals surface area contributed by atoms with Crippen LogP contribution in [-0.2, 0) is 28.7 Å². The van der Waals surface area contributed by atoms with Gasteiger partial charge in [0, 0.05) is 6.92 Å². The number of carbonyl (C=O) groups is 5. The van der Waals surface area contributed by atoms with E-state index in [0.717, 1.165) is 6.92 Å². The van der Waals surface area contributed by atoms with E-state index in [0.29, 0.717) is 12.8 Å². The summed E-state index contributed by atoms with van der Waals surface area (Å²) in [5, 5.41) is 15.2. The minimum Gasteiger partial charge on any atom is -0.481 e. The first-order chi connectivity index (χ1) is 14.6. The lowest BCUT2D eigenvalue weighted by Crippen LogP contribution is -2.56. The highest BCUT2D eigenvalue weighted by Crippen LogP contribution is 2.08. The Balaban J connectivity index is 0. The topological polar surface area (TPSA) is 177 Å². The van der Waals surface area contributed by atoms with Crippen molar-refractivity contribution < 1.29 is 33.8 Å². The van der Waals surface area contributed by atoms with Crippen LogP contribution in [0, 0.1) is 11.8 Å². The number of hydrogen-bond acceptors (Lipinski definition) is 7. The summed E-state index contributed by atoms with van der Waals surface area (Å²) in [6, 6.07) is -3.24. The summed E-state index contributed by atoms with van der Waals surface area (Å²) in [5.41, 5.74) is 5.55. The van der Waals surface area contributed by atoms with Crippen molar-refractivity contribution in [2.45, 2.75) is 85.5 Å². The summed E-state index contributed by atoms with van der Waals surface area (Å²) in [6.45, 7) is 11.8. The number of ether oxygens (including phenoxy) is 1. The second-order valence-electron chi connectivity index (χ2n) is 8.44. The normalized spacial score (nSPS) is 14.2. The third-order valence-corrected chi connectivity index (χ3v) is 4.01. The molecule has 0 rings (SSSR count). The van der Waals surface area contributed by atoms with Crippen LogP contribution >= 0.6 is 0 Å². The number of amides is 3. The standard InChI is InChI=1S/C19H36N4O5.C2H4O2/c1-10(2)8-14(22-16(24)12(5)20)18(26)21-13(6)17(25)23-15(9-11(3)4)19(27)28-7;1-2(3)4/h10-15H,8-9,20H2,1-7H3,(H,21,26)(H,22,24)(H,23,25);1H3,(H,3,4)/t12-,13-,14-,15-;/m0./s1. The van der Waals surface area contributed by atoms with Gasteiger partial charge in [0.1, 0.15) is 18.1 Å². The van der Waals surface area contributed by atoms with Crippen LogP contribution in [0.4, 0.5) is 0 Å². The fraction of sp³-hybridized carbons (Fsp3) is 0.762. The molecule has 0 bridgehead atoms. The highest BCUT2D eigenvalue weighted by molar-refractivity contribution is 5.93. The van der Waals surface area contributed by atoms with E-state index < -0.39 is 53.8 Å². The van der Waals surface area contributed by atoms with Crippen LogP contribution in [0.25, 0.3) is 0 Å². The summed E-state index contributed by atoms with van der Waals surface area (Å²) < 4.78 is 4.72. The maximum absolute atomic E-state index is 12.6. The summed E-state index contributed by atoms with van der Waals surface area (Å²) in [6.07, 6.45) is 0.816. The van der Waals surface area contributed by atoms with Crippen molar-refractivity contribution in [3.8, 4) is 0 Å². The van der Waals surface area contributed by atoms with E-state index in [-0.39, 0.29) is 11.8 Å². The van der Waals surface area contributed by atoms with Gasteiger partial charge in [-0.3, -0.25) is 19.2 Å². The predicted molar refractivity (Wildman–Crippen MR) is 119 cm³/mol. The fourth-order valence-electron chi connectivity index (χ4n) is 2.51. The number of aliphatic carboxylic acids is 1. The monoisotopic (exact) mass is 460 g/mol. The van der Waals surface area contributed by atoms with Crippen LogP contribution in [0.2, 0.25) is 0 Å². The van der Waals surface area contributed by atoms with E-state index in [1.54, 1.807) is 0 Å². The molecule has 0 aromatic carbocycles. The lowest BCUT2D eigenvalue weighted by molar-refractivity contribution is -0.145. The smallest absolute Gasteiger partial charge is 0.328 e. The molecule has 0 aromatic rings. The zero-order valence-corrected chi connectivity index (χ0v) is 20.4. The Morgan fingerprint density at radius 3 is 1.56 bits per heavy atom. The number of rotatable bonds is 11. The van der Waals surface area contributed by atoms with E-state index in [4.69, 9.17) is 20.4 Å². The fourth-order valence-corrected chi connectivity index (χ4v) is 2.51. The van der Waals surface area contributed by atoms with E-state index >= 15 is 0 Å². The molecular formula is C21H40N4O7. The number of nitrogens with one attached hydrogen (secondary N) is 3. The second-order valence-corrected chi connectivity index (χ2v) is 8.44. The molecule has 0 aliphatic carbocycles. The third kappa shape index (κ3) is 15.2. The highest BCUT2D eigenvalue weighted by Gasteiger charge is 2.28. The zero-order chi connectivity index (χ0) is 25.6. The molecule has 186 valence electrons. The minimum atomic E-state index is -0.895. The largest absolute Gasteiger partial charge is 0.481 e. The molecule has 32 heavy (non-hydrogen) atoms. The number of carboxylic acid groups (broad SMARTS) is 1. The Bertz CT molecular complexity index is 632. The summed E-state index contributed by atoms with van der Waals surface area (Å²) in [7, 11) is 1.25. The lowest BCUT2D eigenvalue weighted by Gasteiger charge is -2.24. The Hall–Kier alpha value is -2.69. The quantitative estimate of drug-likeness (QED) is 0.271. The molecule has 0 saturated carbocycles. The SMILES string of the molecule is CC(=O)O.COC(=O)[C@H](CC(C)C)NC(=O)[C@H](C)NC(=O)[C@H](CC(C)C)NC(=O)[C@H](C)N. The van der Waals surface area contributed by atoms with Gasteiger partial charge in [-0.25, -0.2) is 4.79 Å². The minimum absolute atomic E-state index is 0.142. The Morgan fingerprint density at radius 2 is 1.19 bits per heavy atom. The first-order valence-corrected chi connectivity index (χ1v) is 10.6. The maximum atomic E-state index is 12.6. The molecule has 0 aromatic heterocycles. The number of nitrogens with two attached hydrogens (primary N) is 1. The van der Waals surface area contributed by atoms with Gasteiger partial charge in [-0.05, 0) is 38.5 Å². The molecule has 3 amide bonds. The first kappa shape index (κ1) is 31.5. The average molecular weight is 461 g/mol. The number of methoxy groups -OCH3 is 1. The number of carbonyl (C=O) groups excluding carboxylic acids is 4. The van der Waals surface area contributed by atoms with Crippen molar-refractivity contribution in [3.63, 3.8) is 0 Å². The van der Waals surface area contributed by atoms with E-state index in [1.165, 1.54) is 21.0 Å². The molecule has 0 heterocycles. The maximum Gasteiger partial charge on any atom is 0.328 e. The van der Waals surface area contributed by atoms with E-state index in [2.05, 4.69) is 16.0 Å². The van der Waals surface area contributed by atoms with Crippen LogP contribution in [0.15, 0.2) is 0 Å². The molecule has 0 unspecified atom stereocenters. The molecule has 0 aliphatic heterocycles. The van der Waals surface area contributed by atoms with Gasteiger partial charge < -0.3 is 31.5 Å². The van der Waals surface area contributed by atoms with Gasteiger partial charge in [0.2, 0.25) is 17.7 Å². The number of carboxylic acids is 1. The van der Waals surface area contributed by atoms with Crippen LogP contribution in [-0.4, -0.2) is 66.0 Å². The summed E-state index contributed by atoms with van der Waals surface area (Å²) in [4.78, 5) is 57.7. The molecule has 6 N–H and O–H groups in total. The van der Waals surface area contributed by atoms with Gasteiger partial charge in [-0.15, -0.1) is 0 Å². The highest BCUT2D eigenvalue weighted by atomic mass is 16.5. The molecule has 0 aliphatic rings. The summed E-state index contributed by atoms with van der Waals surface area (Å²) in [5.74, 6) is -2.50. The number of hydrogen-bond donors (Lipinski definition) is 5. The van der Waals surface area contributed by atoms with Crippen molar-refractivity contribution in [1.29, 1.82) is 0 Å². The van der Waals surface area contributed by atoms with Crippen molar-refractivity contribution in [2.75, 3.05) is 7.11 Å². The Morgan fingerprint density at radius 1 is 0.781 bits per heavy atom. The first-order valence-electron chi connectivity index (χ1n) is 10.6. The Labute approximate surface area is 190 Å². The molecule has 4 atom stereocenters. The van der Waals surface area contributed by atoms with Crippen LogP contribution in [0.1, 0.15) is 61.3 Å². The molecular weight excluding hydrogens is 420 g/mol. The second kappa shape index (κ2) is 16.0. The van der Waals surface area contributed by atoms with Gasteiger partial charge in [0.05, 0.1) is 13.2 Å². The number of esters is 1. The molecule has 11 heteroatoms. The molecule has 0 spiro atoms. The van der Waals surface area contributed by atoms with E-state index in [1.807, 2.05) is 27.7 Å². The van der Waals surface area contributed by atoms with Crippen LogP contribution in [0.3, 0.4) is 0 Å². The van der Waals surface area contributed by atoms with Crippen molar-refractivity contribution in [3.05, 3.63) is 0 Å². The molecule has 0 radical (unpaired) electrons. The van der Waals surface area contributed by atoms with E-state index in [9.17, 15) is 19.2 Å². The van der Waals surface area contributed by atoms with Gasteiger partial charge in [-0.2, -0.15) is 0 Å². The lowest BCUT2D eigenvalue weighted by atomic mass is 10.0. The molecule has 0 fully saturated rings. The molecule has 0 saturated heterocycles.